The van der Waals surface area contributed by atoms with E-state index in [1.54, 1.807) is 7.11 Å². The molecule has 1 heterocycles. The van der Waals surface area contributed by atoms with Gasteiger partial charge in [-0.1, -0.05) is 28.1 Å². The standard InChI is InChI=1S/C18H23BrO4/c1-18(2)15(5-4-10-20)14(17(21)23-18)8-6-12-11-13(22-3)7-9-16(12)19/h6-9,11,14-15,20H,4-5,10H2,1-3H3/b8-6+. The first-order valence-corrected chi connectivity index (χ1v) is 8.54. The number of aliphatic hydroxyl groups excluding tert-OH is 1. The predicted octanol–water partition coefficient (Wildman–Crippen LogP) is 3.81. The van der Waals surface area contributed by atoms with E-state index in [4.69, 9.17) is 14.6 Å². The molecule has 2 unspecified atom stereocenters. The molecule has 1 N–H and O–H groups in total. The third-order valence-corrected chi connectivity index (χ3v) is 5.04. The van der Waals surface area contributed by atoms with Gasteiger partial charge in [0.25, 0.3) is 0 Å². The van der Waals surface area contributed by atoms with Crippen molar-refractivity contribution in [1.29, 1.82) is 0 Å². The van der Waals surface area contributed by atoms with E-state index in [1.807, 2.05) is 44.2 Å². The number of carbonyl (C=O) groups is 1. The zero-order chi connectivity index (χ0) is 17.0. The molecule has 126 valence electrons. The molecular weight excluding hydrogens is 360 g/mol. The molecule has 4 nitrogen and oxygen atoms in total. The lowest BCUT2D eigenvalue weighted by Gasteiger charge is -2.26. The minimum Gasteiger partial charge on any atom is -0.497 e. The highest BCUT2D eigenvalue weighted by Gasteiger charge is 2.48. The van der Waals surface area contributed by atoms with Crippen molar-refractivity contribution >= 4 is 28.0 Å². The van der Waals surface area contributed by atoms with Gasteiger partial charge in [0.2, 0.25) is 0 Å². The lowest BCUT2D eigenvalue weighted by molar-refractivity contribution is -0.148. The minimum absolute atomic E-state index is 0.0581. The fraction of sp³-hybridized carbons (Fsp3) is 0.500. The van der Waals surface area contributed by atoms with Crippen molar-refractivity contribution in [2.75, 3.05) is 13.7 Å². The van der Waals surface area contributed by atoms with E-state index < -0.39 is 5.60 Å². The average molecular weight is 383 g/mol. The quantitative estimate of drug-likeness (QED) is 0.759. The number of rotatable bonds is 6. The van der Waals surface area contributed by atoms with Crippen molar-refractivity contribution in [3.8, 4) is 5.75 Å². The number of methoxy groups -OCH3 is 1. The minimum atomic E-state index is -0.507. The second-order valence-corrected chi connectivity index (χ2v) is 7.12. The van der Waals surface area contributed by atoms with Crippen LogP contribution in [0.3, 0.4) is 0 Å². The first-order valence-electron chi connectivity index (χ1n) is 7.74. The van der Waals surface area contributed by atoms with Gasteiger partial charge in [-0.05, 0) is 50.5 Å². The highest BCUT2D eigenvalue weighted by molar-refractivity contribution is 9.10. The van der Waals surface area contributed by atoms with Gasteiger partial charge in [0.05, 0.1) is 13.0 Å². The molecular formula is C18H23BrO4. The van der Waals surface area contributed by atoms with Gasteiger partial charge in [-0.2, -0.15) is 0 Å². The van der Waals surface area contributed by atoms with E-state index >= 15 is 0 Å². The molecule has 0 radical (unpaired) electrons. The van der Waals surface area contributed by atoms with Gasteiger partial charge in [0.1, 0.15) is 11.4 Å². The van der Waals surface area contributed by atoms with Crippen LogP contribution in [0.4, 0.5) is 0 Å². The summed E-state index contributed by atoms with van der Waals surface area (Å²) < 4.78 is 11.7. The smallest absolute Gasteiger partial charge is 0.313 e. The monoisotopic (exact) mass is 382 g/mol. The summed E-state index contributed by atoms with van der Waals surface area (Å²) in [5, 5.41) is 9.09. The summed E-state index contributed by atoms with van der Waals surface area (Å²) in [6.45, 7) is 3.99. The molecule has 0 amide bonds. The molecule has 0 spiro atoms. The molecule has 1 fully saturated rings. The highest BCUT2D eigenvalue weighted by atomic mass is 79.9. The highest BCUT2D eigenvalue weighted by Crippen LogP contribution is 2.41. The fourth-order valence-electron chi connectivity index (χ4n) is 3.03. The van der Waals surface area contributed by atoms with E-state index in [-0.39, 0.29) is 24.4 Å². The predicted molar refractivity (Wildman–Crippen MR) is 93.2 cm³/mol. The summed E-state index contributed by atoms with van der Waals surface area (Å²) in [4.78, 5) is 12.2. The number of esters is 1. The topological polar surface area (TPSA) is 55.8 Å². The first kappa shape index (κ1) is 18.0. The van der Waals surface area contributed by atoms with Crippen LogP contribution in [0.1, 0.15) is 32.3 Å². The van der Waals surface area contributed by atoms with E-state index in [0.29, 0.717) is 6.42 Å². The van der Waals surface area contributed by atoms with E-state index in [2.05, 4.69) is 15.9 Å². The Kier molecular flexibility index (Phi) is 5.87. The van der Waals surface area contributed by atoms with Crippen LogP contribution in [0.15, 0.2) is 28.7 Å². The van der Waals surface area contributed by atoms with Crippen molar-refractivity contribution in [1.82, 2.24) is 0 Å². The van der Waals surface area contributed by atoms with Crippen LogP contribution >= 0.6 is 15.9 Å². The molecule has 0 saturated carbocycles. The van der Waals surface area contributed by atoms with Gasteiger partial charge < -0.3 is 14.6 Å². The van der Waals surface area contributed by atoms with Crippen LogP contribution in [0.5, 0.6) is 5.75 Å². The summed E-state index contributed by atoms with van der Waals surface area (Å²) >= 11 is 3.51. The molecule has 1 aliphatic heterocycles. The van der Waals surface area contributed by atoms with Crippen molar-refractivity contribution in [2.45, 2.75) is 32.3 Å². The third-order valence-electron chi connectivity index (χ3n) is 4.32. The van der Waals surface area contributed by atoms with E-state index in [1.165, 1.54) is 0 Å². The third kappa shape index (κ3) is 4.15. The number of halogens is 1. The van der Waals surface area contributed by atoms with Gasteiger partial charge in [-0.25, -0.2) is 0 Å². The van der Waals surface area contributed by atoms with Crippen molar-refractivity contribution in [3.05, 3.63) is 34.3 Å². The van der Waals surface area contributed by atoms with Crippen LogP contribution in [-0.2, 0) is 9.53 Å². The van der Waals surface area contributed by atoms with Gasteiger partial charge in [-0.15, -0.1) is 0 Å². The molecule has 5 heteroatoms. The SMILES string of the molecule is COc1ccc(Br)c(/C=C/C2C(=O)OC(C)(C)C2CCCO)c1. The molecule has 23 heavy (non-hydrogen) atoms. The Labute approximate surface area is 145 Å². The summed E-state index contributed by atoms with van der Waals surface area (Å²) in [5.41, 5.74) is 0.440. The van der Waals surface area contributed by atoms with Crippen LogP contribution in [-0.4, -0.2) is 30.4 Å². The Morgan fingerprint density at radius 2 is 2.17 bits per heavy atom. The van der Waals surface area contributed by atoms with Crippen molar-refractivity contribution in [2.24, 2.45) is 11.8 Å². The number of carbonyl (C=O) groups excluding carboxylic acids is 1. The zero-order valence-corrected chi connectivity index (χ0v) is 15.3. The molecule has 1 saturated heterocycles. The Hall–Kier alpha value is -1.33. The molecule has 1 aromatic carbocycles. The zero-order valence-electron chi connectivity index (χ0n) is 13.7. The summed E-state index contributed by atoms with van der Waals surface area (Å²) in [5.74, 6) is 0.324. The maximum absolute atomic E-state index is 12.2. The normalized spacial score (nSPS) is 23.3. The fourth-order valence-corrected chi connectivity index (χ4v) is 3.41. The van der Waals surface area contributed by atoms with Gasteiger partial charge in [0, 0.05) is 17.0 Å². The Morgan fingerprint density at radius 1 is 1.43 bits per heavy atom. The van der Waals surface area contributed by atoms with E-state index in [0.717, 1.165) is 22.2 Å². The maximum atomic E-state index is 12.2. The number of ether oxygens (including phenoxy) is 2. The summed E-state index contributed by atoms with van der Waals surface area (Å²) in [6.07, 6.45) is 5.24. The number of aliphatic hydroxyl groups is 1. The van der Waals surface area contributed by atoms with Crippen LogP contribution < -0.4 is 4.74 Å². The largest absolute Gasteiger partial charge is 0.497 e. The summed E-state index contributed by atoms with van der Waals surface area (Å²) in [6, 6.07) is 5.70. The van der Waals surface area contributed by atoms with Crippen LogP contribution in [0.2, 0.25) is 0 Å². The molecule has 2 rings (SSSR count). The molecule has 2 atom stereocenters. The Bertz CT molecular complexity index is 595. The number of cyclic esters (lactones) is 1. The lowest BCUT2D eigenvalue weighted by atomic mass is 9.79. The number of benzene rings is 1. The van der Waals surface area contributed by atoms with Crippen molar-refractivity contribution < 1.29 is 19.4 Å². The molecule has 1 aromatic rings. The molecule has 0 aliphatic carbocycles. The van der Waals surface area contributed by atoms with Gasteiger partial charge >= 0.3 is 5.97 Å². The molecule has 0 bridgehead atoms. The van der Waals surface area contributed by atoms with Crippen LogP contribution in [0.25, 0.3) is 6.08 Å². The average Bonchev–Trinajstić information content (AvgIpc) is 2.72. The van der Waals surface area contributed by atoms with E-state index in [9.17, 15) is 4.79 Å². The molecule has 0 aromatic heterocycles. The maximum Gasteiger partial charge on any atom is 0.313 e. The number of hydrogen-bond donors (Lipinski definition) is 1. The summed E-state index contributed by atoms with van der Waals surface area (Å²) in [7, 11) is 1.62. The first-order chi connectivity index (χ1) is 10.9. The Morgan fingerprint density at radius 3 is 2.83 bits per heavy atom. The van der Waals surface area contributed by atoms with Crippen LogP contribution in [0, 0.1) is 11.8 Å². The Balaban J connectivity index is 2.24. The van der Waals surface area contributed by atoms with Crippen molar-refractivity contribution in [3.63, 3.8) is 0 Å². The second-order valence-electron chi connectivity index (χ2n) is 6.27. The second kappa shape index (κ2) is 7.49. The lowest BCUT2D eigenvalue weighted by Crippen LogP contribution is -2.29. The number of hydrogen-bond acceptors (Lipinski definition) is 4. The molecule has 1 aliphatic rings. The van der Waals surface area contributed by atoms with Gasteiger partial charge in [0.15, 0.2) is 0 Å². The van der Waals surface area contributed by atoms with Gasteiger partial charge in [-0.3, -0.25) is 4.79 Å².